The van der Waals surface area contributed by atoms with Gasteiger partial charge in [0.15, 0.2) is 0 Å². The molecule has 3 heteroatoms. The van der Waals surface area contributed by atoms with Gasteiger partial charge in [-0.3, -0.25) is 5.32 Å². The van der Waals surface area contributed by atoms with Crippen LogP contribution in [0.2, 0.25) is 0 Å². The van der Waals surface area contributed by atoms with Gasteiger partial charge >= 0.3 is 0 Å². The third-order valence-electron chi connectivity index (χ3n) is 1.57. The summed E-state index contributed by atoms with van der Waals surface area (Å²) in [6.45, 7) is 4.66. The van der Waals surface area contributed by atoms with E-state index in [2.05, 4.69) is 34.4 Å². The summed E-state index contributed by atoms with van der Waals surface area (Å²) in [7, 11) is 0. The van der Waals surface area contributed by atoms with Crippen molar-refractivity contribution in [1.82, 2.24) is 10.3 Å². The molecule has 0 fully saturated rings. The molecule has 0 saturated heterocycles. The molecule has 12 heavy (non-hydrogen) atoms. The minimum absolute atomic E-state index is 0.303. The van der Waals surface area contributed by atoms with Gasteiger partial charge < -0.3 is 0 Å². The van der Waals surface area contributed by atoms with Crippen molar-refractivity contribution in [2.75, 3.05) is 6.54 Å². The average molecular weight is 180 g/mol. The van der Waals surface area contributed by atoms with Crippen molar-refractivity contribution < 1.29 is 0 Å². The smallest absolute Gasteiger partial charge is 0.0795 e. The standard InChI is InChI=1S/C9H12N2S/c1-3-4-5-10-8(2)9-6-12-7-11-9/h6-8,10H,5H2,1-2H3. The van der Waals surface area contributed by atoms with Crippen molar-refractivity contribution in [3.63, 3.8) is 0 Å². The van der Waals surface area contributed by atoms with Crippen LogP contribution in [0.3, 0.4) is 0 Å². The van der Waals surface area contributed by atoms with E-state index in [9.17, 15) is 0 Å². The number of nitrogens with zero attached hydrogens (tertiary/aromatic N) is 1. The first-order valence-corrected chi connectivity index (χ1v) is 4.80. The van der Waals surface area contributed by atoms with Gasteiger partial charge in [0.25, 0.3) is 0 Å². The lowest BCUT2D eigenvalue weighted by Crippen LogP contribution is -2.18. The monoisotopic (exact) mass is 180 g/mol. The van der Waals surface area contributed by atoms with E-state index in [0.29, 0.717) is 6.04 Å². The summed E-state index contributed by atoms with van der Waals surface area (Å²) in [4.78, 5) is 4.20. The largest absolute Gasteiger partial charge is 0.298 e. The molecule has 0 aromatic carbocycles. The highest BCUT2D eigenvalue weighted by molar-refractivity contribution is 7.07. The van der Waals surface area contributed by atoms with Crippen LogP contribution >= 0.6 is 11.3 Å². The highest BCUT2D eigenvalue weighted by Gasteiger charge is 2.03. The van der Waals surface area contributed by atoms with E-state index < -0.39 is 0 Å². The highest BCUT2D eigenvalue weighted by Crippen LogP contribution is 2.10. The Kier molecular flexibility index (Phi) is 3.78. The van der Waals surface area contributed by atoms with Crippen molar-refractivity contribution in [2.24, 2.45) is 0 Å². The number of aromatic nitrogens is 1. The molecule has 0 radical (unpaired) electrons. The second-order valence-electron chi connectivity index (χ2n) is 2.44. The van der Waals surface area contributed by atoms with E-state index in [1.807, 2.05) is 12.4 Å². The van der Waals surface area contributed by atoms with E-state index in [-0.39, 0.29) is 0 Å². The number of hydrogen-bond donors (Lipinski definition) is 1. The maximum atomic E-state index is 4.20. The molecule has 0 amide bonds. The van der Waals surface area contributed by atoms with Crippen molar-refractivity contribution >= 4 is 11.3 Å². The average Bonchev–Trinajstić information content (AvgIpc) is 2.56. The second-order valence-corrected chi connectivity index (χ2v) is 3.16. The molecule has 0 aliphatic heterocycles. The van der Waals surface area contributed by atoms with Gasteiger partial charge in [-0.05, 0) is 13.8 Å². The Morgan fingerprint density at radius 1 is 1.75 bits per heavy atom. The zero-order valence-corrected chi connectivity index (χ0v) is 8.11. The Hall–Kier alpha value is -0.850. The van der Waals surface area contributed by atoms with Crippen molar-refractivity contribution in [1.29, 1.82) is 0 Å². The number of hydrogen-bond acceptors (Lipinski definition) is 3. The van der Waals surface area contributed by atoms with E-state index in [1.165, 1.54) is 0 Å². The van der Waals surface area contributed by atoms with Crippen LogP contribution in [0, 0.1) is 11.8 Å². The maximum Gasteiger partial charge on any atom is 0.0795 e. The summed E-state index contributed by atoms with van der Waals surface area (Å²) < 4.78 is 0. The Balaban J connectivity index is 2.37. The van der Waals surface area contributed by atoms with Gasteiger partial charge in [0.2, 0.25) is 0 Å². The fourth-order valence-corrected chi connectivity index (χ4v) is 1.48. The van der Waals surface area contributed by atoms with Crippen molar-refractivity contribution in [3.8, 4) is 11.8 Å². The van der Waals surface area contributed by atoms with Gasteiger partial charge in [-0.25, -0.2) is 4.98 Å². The summed E-state index contributed by atoms with van der Waals surface area (Å²) in [5.74, 6) is 5.79. The molecule has 0 aliphatic carbocycles. The summed E-state index contributed by atoms with van der Waals surface area (Å²) in [5, 5.41) is 5.31. The molecule has 1 N–H and O–H groups in total. The third-order valence-corrected chi connectivity index (χ3v) is 2.17. The number of nitrogens with one attached hydrogen (secondary N) is 1. The predicted octanol–water partition coefficient (Wildman–Crippen LogP) is 1.82. The van der Waals surface area contributed by atoms with E-state index in [0.717, 1.165) is 12.2 Å². The highest BCUT2D eigenvalue weighted by atomic mass is 32.1. The Labute approximate surface area is 77.0 Å². The summed E-state index contributed by atoms with van der Waals surface area (Å²) >= 11 is 1.62. The van der Waals surface area contributed by atoms with Gasteiger partial charge in [-0.2, -0.15) is 0 Å². The molecule has 1 unspecified atom stereocenters. The minimum Gasteiger partial charge on any atom is -0.298 e. The molecule has 0 spiro atoms. The van der Waals surface area contributed by atoms with Crippen molar-refractivity contribution in [3.05, 3.63) is 16.6 Å². The van der Waals surface area contributed by atoms with Gasteiger partial charge in [-0.15, -0.1) is 17.3 Å². The molecular weight excluding hydrogens is 168 g/mol. The minimum atomic E-state index is 0.303. The molecule has 1 aromatic heterocycles. The summed E-state index contributed by atoms with van der Waals surface area (Å²) in [5.41, 5.74) is 2.94. The van der Waals surface area contributed by atoms with Crippen molar-refractivity contribution in [2.45, 2.75) is 19.9 Å². The van der Waals surface area contributed by atoms with Gasteiger partial charge in [-0.1, -0.05) is 5.92 Å². The van der Waals surface area contributed by atoms with Crippen LogP contribution in [0.4, 0.5) is 0 Å². The molecular formula is C9H12N2S. The number of rotatable bonds is 3. The Morgan fingerprint density at radius 2 is 2.58 bits per heavy atom. The molecule has 2 nitrogen and oxygen atoms in total. The summed E-state index contributed by atoms with van der Waals surface area (Å²) in [6, 6.07) is 0.303. The molecule has 0 saturated carbocycles. The lowest BCUT2D eigenvalue weighted by molar-refractivity contribution is 0.610. The van der Waals surface area contributed by atoms with Crippen LogP contribution in [-0.2, 0) is 0 Å². The third kappa shape index (κ3) is 2.65. The van der Waals surface area contributed by atoms with E-state index >= 15 is 0 Å². The van der Waals surface area contributed by atoms with Crippen LogP contribution in [0.25, 0.3) is 0 Å². The first-order valence-electron chi connectivity index (χ1n) is 3.85. The topological polar surface area (TPSA) is 24.9 Å². The SMILES string of the molecule is CC#CCNC(C)c1cscn1. The molecule has 0 aliphatic rings. The molecule has 1 heterocycles. The van der Waals surface area contributed by atoms with Crippen LogP contribution in [0.5, 0.6) is 0 Å². The molecule has 64 valence electrons. The van der Waals surface area contributed by atoms with Gasteiger partial charge in [0, 0.05) is 11.4 Å². The summed E-state index contributed by atoms with van der Waals surface area (Å²) in [6.07, 6.45) is 0. The molecule has 1 rings (SSSR count). The van der Waals surface area contributed by atoms with Crippen LogP contribution in [-0.4, -0.2) is 11.5 Å². The quantitative estimate of drug-likeness (QED) is 0.718. The van der Waals surface area contributed by atoms with Gasteiger partial charge in [0.05, 0.1) is 17.7 Å². The second kappa shape index (κ2) is 4.91. The van der Waals surface area contributed by atoms with Crippen LogP contribution < -0.4 is 5.32 Å². The van der Waals surface area contributed by atoms with E-state index in [4.69, 9.17) is 0 Å². The lowest BCUT2D eigenvalue weighted by atomic mass is 10.2. The Morgan fingerprint density at radius 3 is 3.17 bits per heavy atom. The molecule has 0 bridgehead atoms. The first-order chi connectivity index (χ1) is 5.84. The van der Waals surface area contributed by atoms with E-state index in [1.54, 1.807) is 11.3 Å². The fraction of sp³-hybridized carbons (Fsp3) is 0.444. The first kappa shape index (κ1) is 9.24. The predicted molar refractivity (Wildman–Crippen MR) is 52.0 cm³/mol. The zero-order chi connectivity index (χ0) is 8.81. The van der Waals surface area contributed by atoms with Gasteiger partial charge in [0.1, 0.15) is 0 Å². The maximum absolute atomic E-state index is 4.20. The zero-order valence-electron chi connectivity index (χ0n) is 7.29. The normalized spacial score (nSPS) is 11.8. The van der Waals surface area contributed by atoms with Crippen LogP contribution in [0.1, 0.15) is 25.6 Å². The Bertz CT molecular complexity index is 268. The molecule has 1 aromatic rings. The lowest BCUT2D eigenvalue weighted by Gasteiger charge is -2.07. The number of thiazole rings is 1. The molecule has 1 atom stereocenters. The fourth-order valence-electron chi connectivity index (χ4n) is 0.833. The van der Waals surface area contributed by atoms with Crippen LogP contribution in [0.15, 0.2) is 10.9 Å².